The molecule has 0 spiro atoms. The smallest absolute Gasteiger partial charge is 0.258 e. The van der Waals surface area contributed by atoms with Crippen LogP contribution in [0.5, 0.6) is 0 Å². The van der Waals surface area contributed by atoms with Crippen LogP contribution in [0.2, 0.25) is 0 Å². The Morgan fingerprint density at radius 1 is 1.14 bits per heavy atom. The molecule has 1 aliphatic rings. The third-order valence-electron chi connectivity index (χ3n) is 6.39. The molecule has 1 aliphatic heterocycles. The summed E-state index contributed by atoms with van der Waals surface area (Å²) in [5, 5.41) is 42.2. The molecule has 5 unspecified atom stereocenters. The average Bonchev–Trinajstić information content (AvgIpc) is 3.56. The maximum absolute atomic E-state index is 13.7. The van der Waals surface area contributed by atoms with Crippen LogP contribution < -0.4 is 4.90 Å². The number of halogens is 3. The van der Waals surface area contributed by atoms with Gasteiger partial charge in [-0.2, -0.15) is 0 Å². The van der Waals surface area contributed by atoms with E-state index in [2.05, 4.69) is 10.3 Å². The van der Waals surface area contributed by atoms with Crippen LogP contribution in [0.25, 0.3) is 21.3 Å². The summed E-state index contributed by atoms with van der Waals surface area (Å²) in [5.41, 5.74) is 0.338. The minimum Gasteiger partial charge on any atom is -0.394 e. The first kappa shape index (κ1) is 25.3. The highest BCUT2D eigenvalue weighted by Crippen LogP contribution is 2.33. The van der Waals surface area contributed by atoms with Crippen molar-refractivity contribution in [1.29, 1.82) is 0 Å². The maximum atomic E-state index is 13.7. The number of nitrogens with zero attached hydrogens (tertiary/aromatic N) is 4. The van der Waals surface area contributed by atoms with E-state index in [4.69, 9.17) is 4.74 Å². The molecule has 1 amide bonds. The molecule has 13 heteroatoms. The molecule has 4 aromatic rings. The minimum absolute atomic E-state index is 0.0755. The standard InChI is InChI=1S/C24H21F3N4O5S/c1-30(13-3-2-11-4-5-37-18(11)8-13)24(35)23-22(34)20(21(33)17(10-32)36-23)31-9-16(28-29-31)12-6-14(25)19(27)15(26)7-12/h2-9,17,20-23,32-34H,10H2,1H3. The van der Waals surface area contributed by atoms with Crippen LogP contribution >= 0.6 is 11.3 Å². The SMILES string of the molecule is CN(C(=O)C1OC(CO)C(O)C(n2cc(-c3cc(F)c(F)c(F)c3)nn2)C1O)c1ccc2ccsc2c1. The number of anilines is 1. The van der Waals surface area contributed by atoms with Gasteiger partial charge in [0.1, 0.15) is 30.0 Å². The molecule has 3 N–H and O–H groups in total. The summed E-state index contributed by atoms with van der Waals surface area (Å²) >= 11 is 1.50. The maximum Gasteiger partial charge on any atom is 0.258 e. The highest BCUT2D eigenvalue weighted by Gasteiger charge is 2.49. The topological polar surface area (TPSA) is 121 Å². The van der Waals surface area contributed by atoms with Gasteiger partial charge in [0, 0.05) is 23.0 Å². The fourth-order valence-corrected chi connectivity index (χ4v) is 5.17. The van der Waals surface area contributed by atoms with E-state index in [0.29, 0.717) is 5.69 Å². The number of rotatable bonds is 5. The Labute approximate surface area is 211 Å². The number of amides is 1. The van der Waals surface area contributed by atoms with Crippen LogP contribution in [0.1, 0.15) is 6.04 Å². The van der Waals surface area contributed by atoms with Crippen molar-refractivity contribution in [2.45, 2.75) is 30.5 Å². The molecule has 0 saturated carbocycles. The molecule has 37 heavy (non-hydrogen) atoms. The summed E-state index contributed by atoms with van der Waals surface area (Å²) < 4.78 is 48.3. The number of hydrogen-bond donors (Lipinski definition) is 3. The Bertz CT molecular complexity index is 1440. The molecule has 0 bridgehead atoms. The lowest BCUT2D eigenvalue weighted by molar-refractivity contribution is -0.205. The molecular formula is C24H21F3N4O5S. The predicted molar refractivity (Wildman–Crippen MR) is 127 cm³/mol. The lowest BCUT2D eigenvalue weighted by Gasteiger charge is -2.42. The van der Waals surface area contributed by atoms with Gasteiger partial charge in [0.15, 0.2) is 23.6 Å². The number of carbonyl (C=O) groups is 1. The van der Waals surface area contributed by atoms with E-state index in [9.17, 15) is 33.3 Å². The molecule has 5 atom stereocenters. The van der Waals surface area contributed by atoms with E-state index in [1.165, 1.54) is 29.5 Å². The number of hydrogen-bond acceptors (Lipinski definition) is 8. The van der Waals surface area contributed by atoms with Gasteiger partial charge >= 0.3 is 0 Å². The lowest BCUT2D eigenvalue weighted by Crippen LogP contribution is -2.60. The molecule has 2 aromatic carbocycles. The van der Waals surface area contributed by atoms with Gasteiger partial charge < -0.3 is 25.0 Å². The van der Waals surface area contributed by atoms with Crippen LogP contribution in [-0.4, -0.2) is 74.3 Å². The zero-order valence-electron chi connectivity index (χ0n) is 19.2. The number of fused-ring (bicyclic) bond motifs is 1. The zero-order valence-corrected chi connectivity index (χ0v) is 20.0. The molecule has 3 heterocycles. The summed E-state index contributed by atoms with van der Waals surface area (Å²) in [7, 11) is 1.51. The van der Waals surface area contributed by atoms with E-state index in [1.54, 1.807) is 6.07 Å². The average molecular weight is 535 g/mol. The van der Waals surface area contributed by atoms with Crippen molar-refractivity contribution >= 4 is 33.0 Å². The van der Waals surface area contributed by atoms with Gasteiger partial charge in [0.05, 0.1) is 12.8 Å². The second kappa shape index (κ2) is 9.84. The monoisotopic (exact) mass is 534 g/mol. The minimum atomic E-state index is -1.64. The summed E-state index contributed by atoms with van der Waals surface area (Å²) in [4.78, 5) is 14.7. The largest absolute Gasteiger partial charge is 0.394 e. The van der Waals surface area contributed by atoms with Gasteiger partial charge in [-0.05, 0) is 41.1 Å². The van der Waals surface area contributed by atoms with Gasteiger partial charge in [0.25, 0.3) is 5.91 Å². The number of aliphatic hydroxyl groups excluding tert-OH is 3. The van der Waals surface area contributed by atoms with Gasteiger partial charge in [-0.25, -0.2) is 17.9 Å². The van der Waals surface area contributed by atoms with Crippen molar-refractivity contribution in [2.75, 3.05) is 18.6 Å². The number of carbonyl (C=O) groups excluding carboxylic acids is 1. The van der Waals surface area contributed by atoms with Gasteiger partial charge in [-0.1, -0.05) is 11.3 Å². The quantitative estimate of drug-likeness (QED) is 0.336. The number of aromatic nitrogens is 3. The number of likely N-dealkylation sites (N-methyl/N-ethyl adjacent to an activating group) is 1. The first-order valence-corrected chi connectivity index (χ1v) is 12.0. The molecule has 2 aromatic heterocycles. The fourth-order valence-electron chi connectivity index (χ4n) is 4.35. The van der Waals surface area contributed by atoms with Crippen molar-refractivity contribution in [2.24, 2.45) is 0 Å². The highest BCUT2D eigenvalue weighted by molar-refractivity contribution is 7.17. The molecule has 1 saturated heterocycles. The fraction of sp³-hybridized carbons (Fsp3) is 0.292. The predicted octanol–water partition coefficient (Wildman–Crippen LogP) is 2.26. The first-order valence-electron chi connectivity index (χ1n) is 11.1. The third-order valence-corrected chi connectivity index (χ3v) is 7.27. The summed E-state index contributed by atoms with van der Waals surface area (Å²) in [5.74, 6) is -5.13. The Morgan fingerprint density at radius 3 is 2.57 bits per heavy atom. The number of ether oxygens (including phenoxy) is 1. The normalized spacial score (nSPS) is 23.9. The van der Waals surface area contributed by atoms with Crippen molar-refractivity contribution in [1.82, 2.24) is 15.0 Å². The second-order valence-electron chi connectivity index (χ2n) is 8.63. The lowest BCUT2D eigenvalue weighted by atomic mass is 9.92. The van der Waals surface area contributed by atoms with Crippen LogP contribution in [0.3, 0.4) is 0 Å². The Balaban J connectivity index is 1.44. The molecular weight excluding hydrogens is 513 g/mol. The van der Waals surface area contributed by atoms with Gasteiger partial charge in [-0.15, -0.1) is 16.4 Å². The Hall–Kier alpha value is -3.36. The van der Waals surface area contributed by atoms with Crippen molar-refractivity contribution < 1.29 is 38.0 Å². The van der Waals surface area contributed by atoms with E-state index in [-0.39, 0.29) is 11.3 Å². The summed E-state index contributed by atoms with van der Waals surface area (Å²) in [6, 6.07) is 7.49. The van der Waals surface area contributed by atoms with Crippen molar-refractivity contribution in [3.8, 4) is 11.3 Å². The van der Waals surface area contributed by atoms with E-state index < -0.39 is 60.4 Å². The molecule has 0 aliphatic carbocycles. The van der Waals surface area contributed by atoms with Crippen LogP contribution in [-0.2, 0) is 9.53 Å². The van der Waals surface area contributed by atoms with E-state index in [1.807, 2.05) is 23.6 Å². The first-order chi connectivity index (χ1) is 17.7. The highest BCUT2D eigenvalue weighted by atomic mass is 32.1. The molecule has 1 fully saturated rings. The Morgan fingerprint density at radius 2 is 1.86 bits per heavy atom. The zero-order chi connectivity index (χ0) is 26.4. The van der Waals surface area contributed by atoms with Crippen LogP contribution in [0.4, 0.5) is 18.9 Å². The molecule has 9 nitrogen and oxygen atoms in total. The molecule has 0 radical (unpaired) electrons. The Kier molecular flexibility index (Phi) is 6.72. The number of thiophene rings is 1. The molecule has 194 valence electrons. The van der Waals surface area contributed by atoms with Gasteiger partial charge in [0.2, 0.25) is 0 Å². The van der Waals surface area contributed by atoms with Crippen molar-refractivity contribution in [3.63, 3.8) is 0 Å². The summed E-state index contributed by atoms with van der Waals surface area (Å²) in [6.45, 7) is -0.672. The van der Waals surface area contributed by atoms with Crippen LogP contribution in [0.15, 0.2) is 48.0 Å². The summed E-state index contributed by atoms with van der Waals surface area (Å²) in [6.07, 6.45) is -4.74. The van der Waals surface area contributed by atoms with E-state index in [0.717, 1.165) is 26.9 Å². The van der Waals surface area contributed by atoms with Crippen molar-refractivity contribution in [3.05, 3.63) is 65.4 Å². The van der Waals surface area contributed by atoms with Crippen LogP contribution in [0, 0.1) is 17.5 Å². The number of benzene rings is 2. The molecule has 5 rings (SSSR count). The second-order valence-corrected chi connectivity index (χ2v) is 9.57. The number of aliphatic hydroxyl groups is 3. The van der Waals surface area contributed by atoms with E-state index >= 15 is 0 Å². The van der Waals surface area contributed by atoms with Gasteiger partial charge in [-0.3, -0.25) is 4.79 Å². The third kappa shape index (κ3) is 4.49.